The van der Waals surface area contributed by atoms with E-state index >= 15 is 0 Å². The standard InChI is InChI=1S/C12H20N2O4S/c15-11(12-6-5-9-18-12)10-13-19(16,17)14-7-3-1-2-4-8-14/h5-6,9,11,13,15H,1-4,7-8,10H2. The maximum atomic E-state index is 12.1. The third-order valence-electron chi connectivity index (χ3n) is 3.24. The van der Waals surface area contributed by atoms with Gasteiger partial charge in [0.15, 0.2) is 0 Å². The average Bonchev–Trinajstić information content (AvgIpc) is 2.78. The van der Waals surface area contributed by atoms with Gasteiger partial charge in [0.05, 0.1) is 6.26 Å². The highest BCUT2D eigenvalue weighted by atomic mass is 32.2. The molecule has 1 aromatic rings. The van der Waals surface area contributed by atoms with E-state index in [0.717, 1.165) is 25.7 Å². The van der Waals surface area contributed by atoms with Crippen molar-refractivity contribution in [3.63, 3.8) is 0 Å². The molecule has 0 aliphatic carbocycles. The maximum Gasteiger partial charge on any atom is 0.279 e. The topological polar surface area (TPSA) is 82.8 Å². The van der Waals surface area contributed by atoms with Gasteiger partial charge in [0.2, 0.25) is 0 Å². The van der Waals surface area contributed by atoms with Crippen molar-refractivity contribution in [1.29, 1.82) is 0 Å². The van der Waals surface area contributed by atoms with Gasteiger partial charge in [-0.3, -0.25) is 0 Å². The van der Waals surface area contributed by atoms with Crippen LogP contribution in [-0.2, 0) is 10.2 Å². The molecule has 1 atom stereocenters. The van der Waals surface area contributed by atoms with Crippen LogP contribution in [0.2, 0.25) is 0 Å². The minimum absolute atomic E-state index is 0.0770. The number of hydrogen-bond donors (Lipinski definition) is 2. The van der Waals surface area contributed by atoms with Crippen LogP contribution in [-0.4, -0.2) is 37.5 Å². The Hall–Kier alpha value is -0.890. The van der Waals surface area contributed by atoms with Gasteiger partial charge in [0, 0.05) is 19.6 Å². The maximum absolute atomic E-state index is 12.1. The van der Waals surface area contributed by atoms with Gasteiger partial charge in [-0.15, -0.1) is 0 Å². The highest BCUT2D eigenvalue weighted by Gasteiger charge is 2.24. The van der Waals surface area contributed by atoms with Gasteiger partial charge in [-0.2, -0.15) is 17.4 Å². The fourth-order valence-electron chi connectivity index (χ4n) is 2.14. The highest BCUT2D eigenvalue weighted by molar-refractivity contribution is 7.87. The minimum atomic E-state index is -3.51. The summed E-state index contributed by atoms with van der Waals surface area (Å²) in [6.07, 6.45) is 4.41. The summed E-state index contributed by atoms with van der Waals surface area (Å²) in [4.78, 5) is 0. The molecule has 0 amide bonds. The predicted molar refractivity (Wildman–Crippen MR) is 70.6 cm³/mol. The van der Waals surface area contributed by atoms with Crippen LogP contribution in [0.15, 0.2) is 22.8 Å². The fraction of sp³-hybridized carbons (Fsp3) is 0.667. The van der Waals surface area contributed by atoms with E-state index in [9.17, 15) is 13.5 Å². The Kier molecular flexibility index (Phi) is 4.98. The molecule has 1 saturated heterocycles. The predicted octanol–water partition coefficient (Wildman–Crippen LogP) is 1.02. The van der Waals surface area contributed by atoms with Crippen LogP contribution in [0.5, 0.6) is 0 Å². The van der Waals surface area contributed by atoms with E-state index in [-0.39, 0.29) is 6.54 Å². The van der Waals surface area contributed by atoms with Crippen LogP contribution in [0.4, 0.5) is 0 Å². The molecule has 2 heterocycles. The molecule has 0 spiro atoms. The summed E-state index contributed by atoms with van der Waals surface area (Å²) in [5, 5.41) is 9.79. The van der Waals surface area contributed by atoms with Crippen LogP contribution < -0.4 is 4.72 Å². The average molecular weight is 288 g/mol. The van der Waals surface area contributed by atoms with Gasteiger partial charge in [-0.1, -0.05) is 12.8 Å². The Morgan fingerprint density at radius 3 is 2.58 bits per heavy atom. The molecule has 19 heavy (non-hydrogen) atoms. The van der Waals surface area contributed by atoms with Gasteiger partial charge in [0.1, 0.15) is 11.9 Å². The van der Waals surface area contributed by atoms with Gasteiger partial charge < -0.3 is 9.52 Å². The van der Waals surface area contributed by atoms with E-state index in [1.165, 1.54) is 10.6 Å². The Morgan fingerprint density at radius 2 is 2.00 bits per heavy atom. The second-order valence-corrected chi connectivity index (χ2v) is 6.45. The lowest BCUT2D eigenvalue weighted by Gasteiger charge is -2.21. The Bertz CT molecular complexity index is 464. The second-order valence-electron chi connectivity index (χ2n) is 4.70. The molecule has 6 nitrogen and oxygen atoms in total. The molecule has 2 rings (SSSR count). The van der Waals surface area contributed by atoms with E-state index in [1.54, 1.807) is 12.1 Å². The SMILES string of the molecule is O=S(=O)(NCC(O)c1ccco1)N1CCCCCC1. The summed E-state index contributed by atoms with van der Waals surface area (Å²) < 4.78 is 33.1. The third kappa shape index (κ3) is 4.04. The van der Waals surface area contributed by atoms with Crippen molar-refractivity contribution in [3.05, 3.63) is 24.2 Å². The Balaban J connectivity index is 1.89. The van der Waals surface area contributed by atoms with E-state index in [1.807, 2.05) is 0 Å². The molecule has 1 aliphatic heterocycles. The lowest BCUT2D eigenvalue weighted by molar-refractivity contribution is 0.153. The lowest BCUT2D eigenvalue weighted by atomic mass is 10.2. The van der Waals surface area contributed by atoms with E-state index < -0.39 is 16.3 Å². The van der Waals surface area contributed by atoms with Crippen molar-refractivity contribution >= 4 is 10.2 Å². The molecule has 1 aromatic heterocycles. The number of nitrogens with one attached hydrogen (secondary N) is 1. The molecule has 0 aromatic carbocycles. The normalized spacial score (nSPS) is 20.1. The van der Waals surface area contributed by atoms with Crippen LogP contribution in [0.1, 0.15) is 37.5 Å². The van der Waals surface area contributed by atoms with Gasteiger partial charge in [0.25, 0.3) is 10.2 Å². The van der Waals surface area contributed by atoms with Crippen LogP contribution in [0.25, 0.3) is 0 Å². The first kappa shape index (κ1) is 14.5. The van der Waals surface area contributed by atoms with Crippen molar-refractivity contribution in [2.24, 2.45) is 0 Å². The fourth-order valence-corrected chi connectivity index (χ4v) is 3.43. The number of nitrogens with zero attached hydrogens (tertiary/aromatic N) is 1. The third-order valence-corrected chi connectivity index (χ3v) is 4.81. The number of hydrogen-bond acceptors (Lipinski definition) is 4. The molecule has 108 valence electrons. The zero-order valence-electron chi connectivity index (χ0n) is 10.8. The van der Waals surface area contributed by atoms with E-state index in [4.69, 9.17) is 4.42 Å². The van der Waals surface area contributed by atoms with Crippen molar-refractivity contribution in [2.75, 3.05) is 19.6 Å². The quantitative estimate of drug-likeness (QED) is 0.847. The lowest BCUT2D eigenvalue weighted by Crippen LogP contribution is -2.42. The molecule has 1 fully saturated rings. The molecular formula is C12H20N2O4S. The first-order valence-electron chi connectivity index (χ1n) is 6.56. The summed E-state index contributed by atoms with van der Waals surface area (Å²) in [7, 11) is -3.51. The van der Waals surface area contributed by atoms with Crippen LogP contribution in [0.3, 0.4) is 0 Å². The van der Waals surface area contributed by atoms with Crippen LogP contribution in [0, 0.1) is 0 Å². The summed E-state index contributed by atoms with van der Waals surface area (Å²) >= 11 is 0. The van der Waals surface area contributed by atoms with Crippen molar-refractivity contribution in [2.45, 2.75) is 31.8 Å². The largest absolute Gasteiger partial charge is 0.467 e. The smallest absolute Gasteiger partial charge is 0.279 e. The van der Waals surface area contributed by atoms with E-state index in [2.05, 4.69) is 4.72 Å². The number of aliphatic hydroxyl groups excluding tert-OH is 1. The van der Waals surface area contributed by atoms with Crippen LogP contribution >= 0.6 is 0 Å². The van der Waals surface area contributed by atoms with Crippen molar-refractivity contribution < 1.29 is 17.9 Å². The molecule has 0 bridgehead atoms. The molecule has 2 N–H and O–H groups in total. The molecular weight excluding hydrogens is 268 g/mol. The first-order chi connectivity index (χ1) is 9.09. The Labute approximate surface area is 113 Å². The minimum Gasteiger partial charge on any atom is -0.467 e. The van der Waals surface area contributed by atoms with Crippen molar-refractivity contribution in [3.8, 4) is 0 Å². The number of rotatable bonds is 5. The summed E-state index contributed by atoms with van der Waals surface area (Å²) in [6.45, 7) is 1.02. The van der Waals surface area contributed by atoms with E-state index in [0.29, 0.717) is 18.8 Å². The number of furan rings is 1. The first-order valence-corrected chi connectivity index (χ1v) is 8.00. The highest BCUT2D eigenvalue weighted by Crippen LogP contribution is 2.15. The summed E-state index contributed by atoms with van der Waals surface area (Å²) in [5.74, 6) is 0.360. The molecule has 7 heteroatoms. The molecule has 0 radical (unpaired) electrons. The zero-order chi connectivity index (χ0) is 13.7. The molecule has 1 unspecified atom stereocenters. The zero-order valence-corrected chi connectivity index (χ0v) is 11.6. The monoisotopic (exact) mass is 288 g/mol. The van der Waals surface area contributed by atoms with Gasteiger partial charge in [-0.25, -0.2) is 0 Å². The Morgan fingerprint density at radius 1 is 1.32 bits per heavy atom. The van der Waals surface area contributed by atoms with Crippen molar-refractivity contribution in [1.82, 2.24) is 9.03 Å². The van der Waals surface area contributed by atoms with Gasteiger partial charge >= 0.3 is 0 Å². The second kappa shape index (κ2) is 6.51. The number of aliphatic hydroxyl groups is 1. The summed E-state index contributed by atoms with van der Waals surface area (Å²) in [5.41, 5.74) is 0. The molecule has 0 saturated carbocycles. The summed E-state index contributed by atoms with van der Waals surface area (Å²) in [6, 6.07) is 3.27. The molecule has 1 aliphatic rings. The van der Waals surface area contributed by atoms with Gasteiger partial charge in [-0.05, 0) is 25.0 Å².